The summed E-state index contributed by atoms with van der Waals surface area (Å²) in [7, 11) is 3.16. The first-order valence-corrected chi connectivity index (χ1v) is 5.84. The van der Waals surface area contributed by atoms with Crippen LogP contribution in [0.3, 0.4) is 0 Å². The molecule has 1 atom stereocenters. The third-order valence-electron chi connectivity index (χ3n) is 2.71. The van der Waals surface area contributed by atoms with Crippen LogP contribution in [-0.4, -0.2) is 22.8 Å². The van der Waals surface area contributed by atoms with Gasteiger partial charge in [0.05, 0.1) is 7.11 Å². The number of methoxy groups -OCH3 is 1. The number of halogens is 1. The molecule has 17 heavy (non-hydrogen) atoms. The average molecular weight is 298 g/mol. The Morgan fingerprint density at radius 1 is 1.53 bits per heavy atom. The quantitative estimate of drug-likeness (QED) is 0.864. The number of ether oxygens (including phenoxy) is 1. The van der Waals surface area contributed by atoms with Crippen LogP contribution in [0.15, 0.2) is 28.9 Å². The van der Waals surface area contributed by atoms with E-state index in [2.05, 4.69) is 20.7 Å². The van der Waals surface area contributed by atoms with Crippen molar-refractivity contribution in [2.75, 3.05) is 7.11 Å². The second-order valence-electron chi connectivity index (χ2n) is 3.79. The van der Waals surface area contributed by atoms with Gasteiger partial charge in [-0.2, -0.15) is 0 Å². The highest BCUT2D eigenvalue weighted by Crippen LogP contribution is 2.28. The van der Waals surface area contributed by atoms with E-state index in [0.29, 0.717) is 5.56 Å². The Morgan fingerprint density at radius 3 is 2.88 bits per heavy atom. The molecule has 90 valence electrons. The van der Waals surface area contributed by atoms with Gasteiger partial charge in [0.25, 0.3) is 0 Å². The van der Waals surface area contributed by atoms with Crippen molar-refractivity contribution in [1.29, 1.82) is 0 Å². The molecule has 2 rings (SSSR count). The van der Waals surface area contributed by atoms with Crippen LogP contribution in [0.1, 0.15) is 11.7 Å². The molecule has 0 aliphatic rings. The number of hydrogen-bond donors (Lipinski definition) is 1. The first kappa shape index (κ1) is 12.1. The van der Waals surface area contributed by atoms with Crippen LogP contribution in [0.25, 0.3) is 10.9 Å². The Balaban J connectivity index is 2.51. The summed E-state index contributed by atoms with van der Waals surface area (Å²) in [6.45, 7) is 0. The molecule has 0 saturated heterocycles. The van der Waals surface area contributed by atoms with Crippen LogP contribution in [0, 0.1) is 0 Å². The second-order valence-corrected chi connectivity index (χ2v) is 4.64. The predicted molar refractivity (Wildman–Crippen MR) is 67.6 cm³/mol. The molecule has 1 heterocycles. The molecule has 0 aliphatic heterocycles. The van der Waals surface area contributed by atoms with Crippen molar-refractivity contribution in [2.45, 2.75) is 6.10 Å². The third-order valence-corrected chi connectivity index (χ3v) is 3.34. The van der Waals surface area contributed by atoms with Crippen molar-refractivity contribution in [1.82, 2.24) is 4.57 Å². The molecule has 4 nitrogen and oxygen atoms in total. The maximum absolute atomic E-state index is 11.3. The third kappa shape index (κ3) is 2.08. The van der Waals surface area contributed by atoms with Crippen LogP contribution in [0.2, 0.25) is 0 Å². The molecule has 0 spiro atoms. The zero-order chi connectivity index (χ0) is 12.6. The molecule has 0 radical (unpaired) electrons. The van der Waals surface area contributed by atoms with E-state index < -0.39 is 12.1 Å². The van der Waals surface area contributed by atoms with Gasteiger partial charge in [-0.1, -0.05) is 12.1 Å². The van der Waals surface area contributed by atoms with Gasteiger partial charge >= 0.3 is 5.97 Å². The number of nitrogens with zero attached hydrogens (tertiary/aromatic N) is 1. The number of aliphatic hydroxyl groups is 1. The lowest BCUT2D eigenvalue weighted by atomic mass is 10.1. The van der Waals surface area contributed by atoms with E-state index in [9.17, 15) is 9.90 Å². The van der Waals surface area contributed by atoms with Crippen LogP contribution in [0.5, 0.6) is 0 Å². The van der Waals surface area contributed by atoms with Gasteiger partial charge in [-0.3, -0.25) is 0 Å². The monoisotopic (exact) mass is 297 g/mol. The average Bonchev–Trinajstić information content (AvgIpc) is 2.62. The van der Waals surface area contributed by atoms with Crippen molar-refractivity contribution in [3.8, 4) is 0 Å². The summed E-state index contributed by atoms with van der Waals surface area (Å²) in [4.78, 5) is 11.3. The lowest BCUT2D eigenvalue weighted by Gasteiger charge is -2.09. The predicted octanol–water partition coefficient (Wildman–Crippen LogP) is 2.15. The van der Waals surface area contributed by atoms with Crippen molar-refractivity contribution in [3.05, 3.63) is 34.4 Å². The fourth-order valence-electron chi connectivity index (χ4n) is 1.77. The van der Waals surface area contributed by atoms with E-state index in [0.717, 1.165) is 15.4 Å². The van der Waals surface area contributed by atoms with E-state index >= 15 is 0 Å². The van der Waals surface area contributed by atoms with Gasteiger partial charge in [0.15, 0.2) is 6.10 Å². The number of aryl methyl sites for hydroxylation is 1. The topological polar surface area (TPSA) is 51.5 Å². The largest absolute Gasteiger partial charge is 0.467 e. The van der Waals surface area contributed by atoms with Gasteiger partial charge in [0.2, 0.25) is 0 Å². The van der Waals surface area contributed by atoms with Gasteiger partial charge in [0.1, 0.15) is 0 Å². The van der Waals surface area contributed by atoms with Crippen LogP contribution < -0.4 is 0 Å². The zero-order valence-electron chi connectivity index (χ0n) is 9.48. The molecule has 0 fully saturated rings. The molecular formula is C12H12BrNO3. The number of benzene rings is 1. The molecule has 1 unspecified atom stereocenters. The van der Waals surface area contributed by atoms with Gasteiger partial charge < -0.3 is 14.4 Å². The number of aliphatic hydroxyl groups excluding tert-OH is 1. The van der Waals surface area contributed by atoms with Gasteiger partial charge in [0, 0.05) is 28.6 Å². The molecule has 0 saturated carbocycles. The minimum atomic E-state index is -1.24. The minimum Gasteiger partial charge on any atom is -0.467 e. The fraction of sp³-hybridized carbons (Fsp3) is 0.250. The van der Waals surface area contributed by atoms with Gasteiger partial charge in [-0.05, 0) is 27.6 Å². The fourth-order valence-corrected chi connectivity index (χ4v) is 2.41. The summed E-state index contributed by atoms with van der Waals surface area (Å²) in [5.74, 6) is -0.655. The maximum atomic E-state index is 11.3. The van der Waals surface area contributed by atoms with Crippen LogP contribution in [-0.2, 0) is 16.6 Å². The van der Waals surface area contributed by atoms with Crippen molar-refractivity contribution in [2.24, 2.45) is 7.05 Å². The normalized spacial score (nSPS) is 12.7. The molecule has 0 bridgehead atoms. The summed E-state index contributed by atoms with van der Waals surface area (Å²) in [5, 5.41) is 10.8. The summed E-state index contributed by atoms with van der Waals surface area (Å²) in [6.07, 6.45) is 0.692. The Morgan fingerprint density at radius 2 is 2.24 bits per heavy atom. The Kier molecular flexibility index (Phi) is 3.22. The lowest BCUT2D eigenvalue weighted by Crippen LogP contribution is -2.13. The molecule has 0 amide bonds. The SMILES string of the molecule is COC(=O)C(O)c1ccc2c(Br)cn(C)c2c1. The van der Waals surface area contributed by atoms with Crippen LogP contribution >= 0.6 is 15.9 Å². The smallest absolute Gasteiger partial charge is 0.339 e. The number of aromatic nitrogens is 1. The molecule has 1 aromatic carbocycles. The zero-order valence-corrected chi connectivity index (χ0v) is 11.1. The number of fused-ring (bicyclic) bond motifs is 1. The number of rotatable bonds is 2. The highest BCUT2D eigenvalue weighted by molar-refractivity contribution is 9.10. The van der Waals surface area contributed by atoms with E-state index in [1.165, 1.54) is 7.11 Å². The van der Waals surface area contributed by atoms with Crippen LogP contribution in [0.4, 0.5) is 0 Å². The number of carbonyl (C=O) groups is 1. The molecule has 5 heteroatoms. The maximum Gasteiger partial charge on any atom is 0.339 e. The first-order valence-electron chi connectivity index (χ1n) is 5.05. The van der Waals surface area contributed by atoms with E-state index in [1.807, 2.05) is 23.9 Å². The minimum absolute atomic E-state index is 0.526. The highest BCUT2D eigenvalue weighted by atomic mass is 79.9. The highest BCUT2D eigenvalue weighted by Gasteiger charge is 2.18. The molecular weight excluding hydrogens is 286 g/mol. The summed E-state index contributed by atoms with van der Waals surface area (Å²) < 4.78 is 7.41. The Hall–Kier alpha value is -1.33. The standard InChI is InChI=1S/C12H12BrNO3/c1-14-6-9(13)8-4-3-7(5-10(8)14)11(15)12(16)17-2/h3-6,11,15H,1-2H3. The summed E-state index contributed by atoms with van der Waals surface area (Å²) in [5.41, 5.74) is 1.47. The Bertz CT molecular complexity index is 576. The van der Waals surface area contributed by atoms with E-state index in [1.54, 1.807) is 12.1 Å². The number of esters is 1. The Labute approximate surface area is 107 Å². The molecule has 1 N–H and O–H groups in total. The molecule has 0 aliphatic carbocycles. The summed E-state index contributed by atoms with van der Waals surface area (Å²) >= 11 is 3.45. The number of carbonyl (C=O) groups excluding carboxylic acids is 1. The van der Waals surface area contributed by atoms with Gasteiger partial charge in [-0.25, -0.2) is 4.79 Å². The first-order chi connectivity index (χ1) is 8.04. The number of hydrogen-bond acceptors (Lipinski definition) is 3. The van der Waals surface area contributed by atoms with Crippen molar-refractivity contribution in [3.63, 3.8) is 0 Å². The molecule has 1 aromatic heterocycles. The lowest BCUT2D eigenvalue weighted by molar-refractivity contribution is -0.150. The van der Waals surface area contributed by atoms with E-state index in [-0.39, 0.29) is 0 Å². The van der Waals surface area contributed by atoms with Crippen molar-refractivity contribution >= 4 is 32.8 Å². The van der Waals surface area contributed by atoms with Gasteiger partial charge in [-0.15, -0.1) is 0 Å². The second kappa shape index (κ2) is 4.50. The van der Waals surface area contributed by atoms with Crippen molar-refractivity contribution < 1.29 is 14.6 Å². The molecule has 2 aromatic rings. The summed E-state index contributed by atoms with van der Waals surface area (Å²) in [6, 6.07) is 5.36. The van der Waals surface area contributed by atoms with E-state index in [4.69, 9.17) is 0 Å².